The van der Waals surface area contributed by atoms with E-state index in [1.54, 1.807) is 0 Å². The summed E-state index contributed by atoms with van der Waals surface area (Å²) in [5.74, 6) is -6.38. The highest BCUT2D eigenvalue weighted by molar-refractivity contribution is 7.22. The third-order valence-electron chi connectivity index (χ3n) is 19.3. The Morgan fingerprint density at radius 2 is 1.36 bits per heavy atom. The molecule has 5 aliphatic heterocycles. The number of aromatic nitrogens is 6. The fourth-order valence-electron chi connectivity index (χ4n) is 14.6. The molecule has 14 rings (SSSR count). The van der Waals surface area contributed by atoms with Crippen LogP contribution in [0.5, 0.6) is 12.0 Å². The molecule has 0 spiro atoms. The molecule has 95 heavy (non-hydrogen) atoms. The summed E-state index contributed by atoms with van der Waals surface area (Å²) in [5, 5.41) is 2.00. The number of alkyl halides is 8. The van der Waals surface area contributed by atoms with Crippen LogP contribution >= 0.6 is 22.7 Å². The van der Waals surface area contributed by atoms with E-state index in [1.165, 1.54) is 21.7 Å². The standard InChI is InChI=1S/C63H58F12N14O4S2/c1-4-43(90)86-15-11-31(24-86)85(3)55-37-18-39(63(73,74)75)45(34-7-9-41(67)53-51(34)80-58(77)95-53)47(69)49(37)82-60(84-55)92-25-32-16-28(64)22-89(32)42-19-35(42)27(2)56(91)87-14-10-30(23-87)78-54-36-17-38(62(70,71)72)44(33-6-8-40(66)52-50(33)79-57(76)94-52)46(68)48(36)81-59(83-54)93-26-61-12-5-13-88(61)21-29(65)20-61/h4,6-9,17-18,28-32,35,42H,1-2,5,10-16,19-26H2,3H3,(H2,76,79)(H2,77,80)(H,78,81,83)/t28-,29?,30?,31-,32+,35?,42?,61?/m1/s1. The zero-order valence-electron chi connectivity index (χ0n) is 50.4. The molecule has 2 amide bonds. The lowest BCUT2D eigenvalue weighted by atomic mass is 9.95. The van der Waals surface area contributed by atoms with E-state index in [0.717, 1.165) is 36.8 Å². The van der Waals surface area contributed by atoms with Crippen molar-refractivity contribution in [2.45, 2.75) is 99.3 Å². The van der Waals surface area contributed by atoms with Crippen molar-refractivity contribution in [3.05, 3.63) is 95.6 Å². The lowest BCUT2D eigenvalue weighted by molar-refractivity contribution is -0.137. The molecule has 1 saturated carbocycles. The van der Waals surface area contributed by atoms with Gasteiger partial charge in [0, 0.05) is 121 Å². The number of thiazole rings is 2. The van der Waals surface area contributed by atoms with Gasteiger partial charge in [-0.05, 0) is 87.5 Å². The van der Waals surface area contributed by atoms with Crippen LogP contribution in [0.25, 0.3) is 64.5 Å². The number of fused-ring (bicyclic) bond motifs is 5. The minimum Gasteiger partial charge on any atom is -0.462 e. The van der Waals surface area contributed by atoms with Gasteiger partial charge in [-0.3, -0.25) is 19.4 Å². The number of amides is 2. The average molecular weight is 1370 g/mol. The molecular formula is C63H58F12N14O4S2. The summed E-state index contributed by atoms with van der Waals surface area (Å²) in [7, 11) is 1.52. The van der Waals surface area contributed by atoms with Gasteiger partial charge in [0.25, 0.3) is 0 Å². The second-order valence-corrected chi connectivity index (χ2v) is 27.1. The average Bonchev–Trinajstić information content (AvgIpc) is 1.31. The van der Waals surface area contributed by atoms with E-state index in [1.807, 2.05) is 9.80 Å². The number of hydrogen-bond acceptors (Lipinski definition) is 18. The number of carbonyl (C=O) groups excluding carboxylic acids is 2. The van der Waals surface area contributed by atoms with Gasteiger partial charge in [0.15, 0.2) is 21.9 Å². The summed E-state index contributed by atoms with van der Waals surface area (Å²) in [4.78, 5) is 61.1. The van der Waals surface area contributed by atoms with Crippen LogP contribution in [0.4, 0.5) is 74.6 Å². The first-order valence-corrected chi connectivity index (χ1v) is 32.2. The number of likely N-dealkylation sites (N-methyl/N-ethyl adjacent to an activating group) is 1. The fraction of sp³-hybridized carbons (Fsp3) is 0.429. The quantitative estimate of drug-likeness (QED) is 0.0607. The minimum atomic E-state index is -5.20. The number of nitrogen functional groups attached to an aromatic ring is 2. The minimum absolute atomic E-state index is 0.0344. The molecule has 4 aromatic carbocycles. The van der Waals surface area contributed by atoms with Crippen molar-refractivity contribution in [2.24, 2.45) is 5.92 Å². The first kappa shape index (κ1) is 64.0. The maximum Gasteiger partial charge on any atom is 0.417 e. The number of nitrogens with two attached hydrogens (primary N) is 2. The molecule has 8 atom stereocenters. The lowest BCUT2D eigenvalue weighted by Crippen LogP contribution is -2.43. The number of rotatable bonds is 16. The molecule has 5 unspecified atom stereocenters. The highest BCUT2D eigenvalue weighted by atomic mass is 32.1. The third-order valence-corrected chi connectivity index (χ3v) is 21.1. The van der Waals surface area contributed by atoms with Gasteiger partial charge >= 0.3 is 24.4 Å². The molecule has 0 radical (unpaired) electrons. The summed E-state index contributed by atoms with van der Waals surface area (Å²) in [5.41, 5.74) is 3.72. The molecule has 6 fully saturated rings. The van der Waals surface area contributed by atoms with Gasteiger partial charge in [0.1, 0.15) is 59.9 Å². The number of likely N-dealkylation sites (tertiary alicyclic amines) is 3. The van der Waals surface area contributed by atoms with Crippen molar-refractivity contribution in [3.8, 4) is 34.3 Å². The van der Waals surface area contributed by atoms with E-state index < -0.39 is 151 Å². The number of ether oxygens (including phenoxy) is 2. The number of halogens is 12. The Morgan fingerprint density at radius 3 is 1.99 bits per heavy atom. The largest absolute Gasteiger partial charge is 0.462 e. The molecule has 32 heteroatoms. The fourth-order valence-corrected chi connectivity index (χ4v) is 16.2. The van der Waals surface area contributed by atoms with Gasteiger partial charge in [0.2, 0.25) is 11.8 Å². The van der Waals surface area contributed by atoms with Gasteiger partial charge in [-0.2, -0.15) is 46.3 Å². The van der Waals surface area contributed by atoms with Gasteiger partial charge in [-0.15, -0.1) is 0 Å². The SMILES string of the molecule is C=CC(=O)N1CC[C@@H](N(C)c2nc(OC[C@@H]3C[C@@H](F)CN3C3CC3C(=C)C(=O)N3CCC(Nc4nc(OCC56CCCN5CC(F)C6)nc5c(F)c(-c6ccc(F)c7sc(N)nc67)c(C(F)(F)F)cc45)C3)nc3c(F)c(-c4ccc(F)c5sc(N)nc45)c(C(F)(F)F)cc23)C1. The first-order chi connectivity index (χ1) is 45.2. The lowest BCUT2D eigenvalue weighted by Gasteiger charge is -2.31. The maximum absolute atomic E-state index is 17.5. The summed E-state index contributed by atoms with van der Waals surface area (Å²) in [6.45, 7) is 8.41. The van der Waals surface area contributed by atoms with Crippen LogP contribution in [-0.4, -0.2) is 169 Å². The first-order valence-electron chi connectivity index (χ1n) is 30.5. The molecule has 8 aromatic rings. The second kappa shape index (κ2) is 23.8. The van der Waals surface area contributed by atoms with Crippen molar-refractivity contribution < 1.29 is 71.7 Å². The van der Waals surface area contributed by atoms with E-state index >= 15 is 48.3 Å². The van der Waals surface area contributed by atoms with E-state index in [4.69, 9.17) is 20.9 Å². The Hall–Kier alpha value is -8.36. The van der Waals surface area contributed by atoms with Gasteiger partial charge in [-0.25, -0.2) is 36.3 Å². The molecule has 6 aliphatic rings. The number of anilines is 4. The normalized spacial score (nSPS) is 24.0. The van der Waals surface area contributed by atoms with Crippen LogP contribution in [0, 0.1) is 29.2 Å². The summed E-state index contributed by atoms with van der Waals surface area (Å²) < 4.78 is 199. The van der Waals surface area contributed by atoms with E-state index in [9.17, 15) is 14.0 Å². The van der Waals surface area contributed by atoms with Crippen LogP contribution in [0.15, 0.2) is 61.2 Å². The molecular weight excluding hydrogens is 1310 g/mol. The smallest absolute Gasteiger partial charge is 0.417 e. The number of nitrogens with zero attached hydrogens (tertiary/aromatic N) is 11. The molecule has 500 valence electrons. The van der Waals surface area contributed by atoms with Crippen LogP contribution in [0.2, 0.25) is 0 Å². The summed E-state index contributed by atoms with van der Waals surface area (Å²) >= 11 is 1.34. The third kappa shape index (κ3) is 11.5. The Labute approximate surface area is 540 Å². The maximum atomic E-state index is 17.5. The molecule has 18 nitrogen and oxygen atoms in total. The van der Waals surface area contributed by atoms with Crippen molar-refractivity contribution in [3.63, 3.8) is 0 Å². The van der Waals surface area contributed by atoms with E-state index in [0.29, 0.717) is 60.6 Å². The highest BCUT2D eigenvalue weighted by Crippen LogP contribution is 2.50. The molecule has 1 aliphatic carbocycles. The van der Waals surface area contributed by atoms with Crippen molar-refractivity contribution in [1.29, 1.82) is 0 Å². The summed E-state index contributed by atoms with van der Waals surface area (Å²) in [6.07, 6.45) is -9.48. The number of hydrogen-bond donors (Lipinski definition) is 3. The van der Waals surface area contributed by atoms with Crippen LogP contribution in [-0.2, 0) is 21.9 Å². The van der Waals surface area contributed by atoms with Gasteiger partial charge < -0.3 is 41.0 Å². The zero-order chi connectivity index (χ0) is 67.1. The van der Waals surface area contributed by atoms with E-state index in [2.05, 4.69) is 48.4 Å². The topological polar surface area (TPSA) is 210 Å². The van der Waals surface area contributed by atoms with Crippen molar-refractivity contribution in [1.82, 2.24) is 49.5 Å². The second-order valence-electron chi connectivity index (χ2n) is 25.1. The Balaban J connectivity index is 0.716. The summed E-state index contributed by atoms with van der Waals surface area (Å²) in [6, 6.07) is 1.80. The zero-order valence-corrected chi connectivity index (χ0v) is 52.0. The predicted octanol–water partition coefficient (Wildman–Crippen LogP) is 11.5. The molecule has 5 N–H and O–H groups in total. The Kier molecular flexibility index (Phi) is 16.0. The van der Waals surface area contributed by atoms with Gasteiger partial charge in [0.05, 0.1) is 37.1 Å². The highest BCUT2D eigenvalue weighted by Gasteiger charge is 2.53. The van der Waals surface area contributed by atoms with E-state index in [-0.39, 0.29) is 131 Å². The number of carbonyl (C=O) groups is 2. The van der Waals surface area contributed by atoms with Crippen LogP contribution < -0.4 is 31.2 Å². The Bertz CT molecular complexity index is 4500. The molecule has 4 aromatic heterocycles. The Morgan fingerprint density at radius 1 is 0.747 bits per heavy atom. The molecule has 9 heterocycles. The van der Waals surface area contributed by atoms with Gasteiger partial charge in [-0.1, -0.05) is 35.8 Å². The number of nitrogens with one attached hydrogen (secondary N) is 1. The molecule has 5 saturated heterocycles. The monoisotopic (exact) mass is 1370 g/mol. The van der Waals surface area contributed by atoms with Crippen LogP contribution in [0.1, 0.15) is 56.1 Å². The van der Waals surface area contributed by atoms with Crippen molar-refractivity contribution >= 4 is 98.6 Å². The number of benzene rings is 4. The predicted molar refractivity (Wildman–Crippen MR) is 332 cm³/mol. The van der Waals surface area contributed by atoms with Crippen LogP contribution in [0.3, 0.4) is 0 Å². The molecule has 0 bridgehead atoms. The van der Waals surface area contributed by atoms with Crippen molar-refractivity contribution in [2.75, 3.05) is 87.8 Å².